The minimum absolute atomic E-state index is 0.0902. The minimum Gasteiger partial charge on any atom is -0.461 e. The van der Waals surface area contributed by atoms with E-state index in [2.05, 4.69) is 10.4 Å². The first-order chi connectivity index (χ1) is 13.9. The van der Waals surface area contributed by atoms with Gasteiger partial charge in [-0.25, -0.2) is 9.18 Å². The quantitative estimate of drug-likeness (QED) is 0.671. The van der Waals surface area contributed by atoms with Crippen LogP contribution < -0.4 is 10.9 Å². The summed E-state index contributed by atoms with van der Waals surface area (Å²) in [5.41, 5.74) is 0.586. The van der Waals surface area contributed by atoms with E-state index in [9.17, 15) is 18.8 Å². The Balaban J connectivity index is 2.06. The number of anilines is 1. The van der Waals surface area contributed by atoms with Crippen molar-refractivity contribution >= 4 is 17.6 Å². The fourth-order valence-corrected chi connectivity index (χ4v) is 2.67. The third-order valence-electron chi connectivity index (χ3n) is 4.10. The van der Waals surface area contributed by atoms with Crippen molar-refractivity contribution in [3.8, 4) is 5.69 Å². The van der Waals surface area contributed by atoms with Gasteiger partial charge in [0.1, 0.15) is 5.82 Å². The molecule has 1 N–H and O–H groups in total. The molecule has 0 unspecified atom stereocenters. The second-order valence-electron chi connectivity index (χ2n) is 6.12. The number of nitrogens with zero attached hydrogens (tertiary/aromatic N) is 2. The Morgan fingerprint density at radius 1 is 1.14 bits per heavy atom. The smallest absolute Gasteiger partial charge is 0.360 e. The van der Waals surface area contributed by atoms with Crippen molar-refractivity contribution in [1.82, 2.24) is 9.78 Å². The van der Waals surface area contributed by atoms with Crippen molar-refractivity contribution in [2.75, 3.05) is 11.9 Å². The Morgan fingerprint density at radius 2 is 1.83 bits per heavy atom. The Hall–Kier alpha value is -3.81. The van der Waals surface area contributed by atoms with E-state index in [4.69, 9.17) is 4.74 Å². The maximum Gasteiger partial charge on any atom is 0.360 e. The van der Waals surface area contributed by atoms with Crippen molar-refractivity contribution in [2.24, 2.45) is 0 Å². The number of para-hydroxylation sites is 1. The Labute approximate surface area is 165 Å². The van der Waals surface area contributed by atoms with Gasteiger partial charge >= 0.3 is 5.97 Å². The largest absolute Gasteiger partial charge is 0.461 e. The second kappa shape index (κ2) is 8.47. The zero-order valence-corrected chi connectivity index (χ0v) is 15.8. The molecule has 29 heavy (non-hydrogen) atoms. The molecule has 1 amide bonds. The molecule has 0 saturated carbocycles. The predicted octanol–water partition coefficient (Wildman–Crippen LogP) is 3.11. The molecule has 0 radical (unpaired) electrons. The van der Waals surface area contributed by atoms with Crippen molar-refractivity contribution in [3.63, 3.8) is 0 Å². The van der Waals surface area contributed by atoms with Crippen molar-refractivity contribution < 1.29 is 18.7 Å². The number of aryl methyl sites for hydroxylation is 1. The van der Waals surface area contributed by atoms with E-state index < -0.39 is 23.3 Å². The third-order valence-corrected chi connectivity index (χ3v) is 4.10. The van der Waals surface area contributed by atoms with Gasteiger partial charge in [-0.3, -0.25) is 9.59 Å². The predicted molar refractivity (Wildman–Crippen MR) is 105 cm³/mol. The zero-order valence-electron chi connectivity index (χ0n) is 15.8. The molecule has 1 aromatic heterocycles. The summed E-state index contributed by atoms with van der Waals surface area (Å²) in [6.45, 7) is 3.53. The monoisotopic (exact) mass is 395 g/mol. The third kappa shape index (κ3) is 4.37. The van der Waals surface area contributed by atoms with Gasteiger partial charge in [0, 0.05) is 11.6 Å². The van der Waals surface area contributed by atoms with Crippen molar-refractivity contribution in [1.29, 1.82) is 0 Å². The Bertz CT molecular complexity index is 1120. The number of carbonyl (C=O) groups is 2. The number of amides is 1. The minimum atomic E-state index is -0.788. The standard InChI is InChI=1S/C21H18FN3O4/c1-3-29-21(28)19-16(23-20(27)14-8-10-15(22)11-9-14)12-18(26)25(24-19)17-7-5-4-6-13(17)2/h4-12H,3H2,1-2H3,(H,23,27). The van der Waals surface area contributed by atoms with E-state index in [1.165, 1.54) is 12.1 Å². The van der Waals surface area contributed by atoms with Gasteiger partial charge < -0.3 is 10.1 Å². The fourth-order valence-electron chi connectivity index (χ4n) is 2.67. The van der Waals surface area contributed by atoms with Gasteiger partial charge in [0.05, 0.1) is 18.0 Å². The molecule has 148 valence electrons. The molecular formula is C21H18FN3O4. The summed E-state index contributed by atoms with van der Waals surface area (Å²) in [5, 5.41) is 6.62. The maximum atomic E-state index is 13.1. The number of aromatic nitrogens is 2. The summed E-state index contributed by atoms with van der Waals surface area (Å²) in [5.74, 6) is -1.90. The van der Waals surface area contributed by atoms with Gasteiger partial charge in [-0.05, 0) is 49.7 Å². The van der Waals surface area contributed by atoms with E-state index in [1.54, 1.807) is 32.0 Å². The SMILES string of the molecule is CCOC(=O)c1nn(-c2ccccc2C)c(=O)cc1NC(=O)c1ccc(F)cc1. The first kappa shape index (κ1) is 19.9. The fraction of sp³-hybridized carbons (Fsp3) is 0.143. The Morgan fingerprint density at radius 3 is 2.48 bits per heavy atom. The molecule has 8 heteroatoms. The van der Waals surface area contributed by atoms with Crippen LogP contribution in [0.1, 0.15) is 33.3 Å². The molecule has 3 rings (SSSR count). The summed E-state index contributed by atoms with van der Waals surface area (Å²) in [4.78, 5) is 37.5. The molecule has 0 atom stereocenters. The number of esters is 1. The lowest BCUT2D eigenvalue weighted by atomic mass is 10.2. The van der Waals surface area contributed by atoms with Gasteiger partial charge in [0.25, 0.3) is 11.5 Å². The lowest BCUT2D eigenvalue weighted by Crippen LogP contribution is -2.27. The summed E-state index contributed by atoms with van der Waals surface area (Å²) in [7, 11) is 0. The van der Waals surface area contributed by atoms with Gasteiger partial charge in [0.15, 0.2) is 5.69 Å². The highest BCUT2D eigenvalue weighted by atomic mass is 19.1. The molecule has 1 heterocycles. The average molecular weight is 395 g/mol. The van der Waals surface area contributed by atoms with E-state index in [0.29, 0.717) is 5.69 Å². The first-order valence-electron chi connectivity index (χ1n) is 8.85. The molecular weight excluding hydrogens is 377 g/mol. The lowest BCUT2D eigenvalue weighted by Gasteiger charge is -2.13. The number of ether oxygens (including phenoxy) is 1. The molecule has 0 fully saturated rings. The molecule has 0 aliphatic rings. The number of carbonyl (C=O) groups excluding carboxylic acids is 2. The van der Waals surface area contributed by atoms with E-state index in [1.807, 2.05) is 6.07 Å². The van der Waals surface area contributed by atoms with Crippen LogP contribution >= 0.6 is 0 Å². The van der Waals surface area contributed by atoms with Crippen LogP contribution in [0.2, 0.25) is 0 Å². The molecule has 0 bridgehead atoms. The van der Waals surface area contributed by atoms with Crippen LogP contribution in [0, 0.1) is 12.7 Å². The van der Waals surface area contributed by atoms with E-state index >= 15 is 0 Å². The summed E-state index contributed by atoms with van der Waals surface area (Å²) in [6, 6.07) is 13.0. The maximum absolute atomic E-state index is 13.1. The van der Waals surface area contributed by atoms with Crippen LogP contribution in [-0.2, 0) is 4.74 Å². The summed E-state index contributed by atoms with van der Waals surface area (Å²) >= 11 is 0. The van der Waals surface area contributed by atoms with Gasteiger partial charge in [0.2, 0.25) is 0 Å². The summed E-state index contributed by atoms with van der Waals surface area (Å²) < 4.78 is 19.2. The molecule has 7 nitrogen and oxygen atoms in total. The molecule has 0 aliphatic carbocycles. The van der Waals surface area contributed by atoms with Crippen LogP contribution in [0.15, 0.2) is 59.4 Å². The molecule has 0 aliphatic heterocycles. The van der Waals surface area contributed by atoms with Crippen LogP contribution in [-0.4, -0.2) is 28.3 Å². The highest BCUT2D eigenvalue weighted by molar-refractivity contribution is 6.07. The number of benzene rings is 2. The van der Waals surface area contributed by atoms with Gasteiger partial charge in [-0.2, -0.15) is 9.78 Å². The average Bonchev–Trinajstić information content (AvgIpc) is 2.69. The Kier molecular flexibility index (Phi) is 5.82. The van der Waals surface area contributed by atoms with Crippen molar-refractivity contribution in [2.45, 2.75) is 13.8 Å². The first-order valence-corrected chi connectivity index (χ1v) is 8.85. The topological polar surface area (TPSA) is 90.3 Å². The molecule has 2 aromatic carbocycles. The van der Waals surface area contributed by atoms with Crippen LogP contribution in [0.25, 0.3) is 5.69 Å². The number of hydrogen-bond donors (Lipinski definition) is 1. The zero-order chi connectivity index (χ0) is 21.0. The van der Waals surface area contributed by atoms with Crippen LogP contribution in [0.5, 0.6) is 0 Å². The van der Waals surface area contributed by atoms with Crippen LogP contribution in [0.3, 0.4) is 0 Å². The van der Waals surface area contributed by atoms with E-state index in [0.717, 1.165) is 28.4 Å². The highest BCUT2D eigenvalue weighted by Crippen LogP contribution is 2.17. The van der Waals surface area contributed by atoms with Crippen molar-refractivity contribution in [3.05, 3.63) is 87.6 Å². The number of rotatable bonds is 5. The van der Waals surface area contributed by atoms with Gasteiger partial charge in [-0.15, -0.1) is 0 Å². The highest BCUT2D eigenvalue weighted by Gasteiger charge is 2.21. The number of nitrogens with one attached hydrogen (secondary N) is 1. The molecule has 3 aromatic rings. The van der Waals surface area contributed by atoms with Gasteiger partial charge in [-0.1, -0.05) is 18.2 Å². The number of hydrogen-bond acceptors (Lipinski definition) is 5. The summed E-state index contributed by atoms with van der Waals surface area (Å²) in [6.07, 6.45) is 0. The molecule has 0 saturated heterocycles. The molecule has 0 spiro atoms. The van der Waals surface area contributed by atoms with E-state index in [-0.39, 0.29) is 23.6 Å². The normalized spacial score (nSPS) is 10.4. The number of halogens is 1. The lowest BCUT2D eigenvalue weighted by molar-refractivity contribution is 0.0518. The van der Waals surface area contributed by atoms with Crippen LogP contribution in [0.4, 0.5) is 10.1 Å². The second-order valence-corrected chi connectivity index (χ2v) is 6.12.